The van der Waals surface area contributed by atoms with Gasteiger partial charge in [0.15, 0.2) is 17.3 Å². The summed E-state index contributed by atoms with van der Waals surface area (Å²) in [4.78, 5) is 12.6. The standard InChI is InChI=1S/C16H12O3/c17-16-12-4-2-1-3-10(12)5-6-11-7-14-15(8-13(11)16)19-9-18-14/h1-4,7-8H,5-6,9H2. The van der Waals surface area contributed by atoms with Gasteiger partial charge in [0, 0.05) is 11.1 Å². The summed E-state index contributed by atoms with van der Waals surface area (Å²) in [5.74, 6) is 1.50. The molecule has 0 radical (unpaired) electrons. The minimum Gasteiger partial charge on any atom is -0.454 e. The highest BCUT2D eigenvalue weighted by atomic mass is 16.7. The largest absolute Gasteiger partial charge is 0.454 e. The van der Waals surface area contributed by atoms with Crippen LogP contribution in [0.25, 0.3) is 0 Å². The maximum atomic E-state index is 12.6. The lowest BCUT2D eigenvalue weighted by Gasteiger charge is -2.06. The molecule has 0 aromatic heterocycles. The van der Waals surface area contributed by atoms with Crippen molar-refractivity contribution in [3.63, 3.8) is 0 Å². The van der Waals surface area contributed by atoms with Gasteiger partial charge in [-0.2, -0.15) is 0 Å². The molecule has 2 aromatic rings. The van der Waals surface area contributed by atoms with Crippen molar-refractivity contribution in [3.05, 3.63) is 58.7 Å². The average Bonchev–Trinajstić information content (AvgIpc) is 2.85. The Kier molecular flexibility index (Phi) is 2.15. The molecule has 1 aliphatic heterocycles. The third-order valence-electron chi connectivity index (χ3n) is 3.77. The third kappa shape index (κ3) is 1.55. The van der Waals surface area contributed by atoms with Gasteiger partial charge >= 0.3 is 0 Å². The van der Waals surface area contributed by atoms with Crippen molar-refractivity contribution in [2.24, 2.45) is 0 Å². The van der Waals surface area contributed by atoms with Gasteiger partial charge in [-0.25, -0.2) is 0 Å². The Labute approximate surface area is 110 Å². The zero-order valence-electron chi connectivity index (χ0n) is 10.3. The number of hydrogen-bond donors (Lipinski definition) is 0. The van der Waals surface area contributed by atoms with Gasteiger partial charge in [0.05, 0.1) is 0 Å². The lowest BCUT2D eigenvalue weighted by Crippen LogP contribution is -2.04. The zero-order valence-corrected chi connectivity index (χ0v) is 10.3. The van der Waals surface area contributed by atoms with Gasteiger partial charge in [-0.1, -0.05) is 24.3 Å². The smallest absolute Gasteiger partial charge is 0.231 e. The maximum Gasteiger partial charge on any atom is 0.231 e. The molecule has 0 amide bonds. The number of carbonyl (C=O) groups excluding carboxylic acids is 1. The highest BCUT2D eigenvalue weighted by Crippen LogP contribution is 2.37. The molecule has 3 nitrogen and oxygen atoms in total. The molecule has 1 aliphatic carbocycles. The summed E-state index contributed by atoms with van der Waals surface area (Å²) in [6.45, 7) is 0.239. The van der Waals surface area contributed by atoms with Crippen molar-refractivity contribution in [1.29, 1.82) is 0 Å². The van der Waals surface area contributed by atoms with E-state index < -0.39 is 0 Å². The Morgan fingerprint density at radius 1 is 0.842 bits per heavy atom. The van der Waals surface area contributed by atoms with Crippen LogP contribution in [0.1, 0.15) is 27.0 Å². The van der Waals surface area contributed by atoms with Crippen molar-refractivity contribution in [2.75, 3.05) is 6.79 Å². The van der Waals surface area contributed by atoms with E-state index in [1.54, 1.807) is 0 Å². The second-order valence-electron chi connectivity index (χ2n) is 4.85. The van der Waals surface area contributed by atoms with E-state index in [0.29, 0.717) is 5.75 Å². The third-order valence-corrected chi connectivity index (χ3v) is 3.77. The second-order valence-corrected chi connectivity index (χ2v) is 4.85. The van der Waals surface area contributed by atoms with Gasteiger partial charge in [-0.3, -0.25) is 4.79 Å². The van der Waals surface area contributed by atoms with Crippen molar-refractivity contribution < 1.29 is 14.3 Å². The highest BCUT2D eigenvalue weighted by Gasteiger charge is 2.25. The van der Waals surface area contributed by atoms with Crippen LogP contribution in [0.5, 0.6) is 11.5 Å². The molecule has 0 fully saturated rings. The topological polar surface area (TPSA) is 35.5 Å². The van der Waals surface area contributed by atoms with Crippen LogP contribution < -0.4 is 9.47 Å². The summed E-state index contributed by atoms with van der Waals surface area (Å²) in [7, 11) is 0. The summed E-state index contributed by atoms with van der Waals surface area (Å²) in [5.41, 5.74) is 3.71. The molecule has 0 bridgehead atoms. The van der Waals surface area contributed by atoms with Gasteiger partial charge in [0.2, 0.25) is 6.79 Å². The summed E-state index contributed by atoms with van der Waals surface area (Å²) in [6.07, 6.45) is 1.74. The molecule has 19 heavy (non-hydrogen) atoms. The molecule has 2 aromatic carbocycles. The Bertz CT molecular complexity index is 688. The first-order valence-electron chi connectivity index (χ1n) is 6.38. The molecule has 94 valence electrons. The first kappa shape index (κ1) is 10.6. The number of benzene rings is 2. The molecule has 4 rings (SSSR count). The number of rotatable bonds is 0. The molecule has 0 spiro atoms. The molecule has 0 saturated carbocycles. The monoisotopic (exact) mass is 252 g/mol. The Balaban J connectivity index is 1.92. The molecular formula is C16H12O3. The quantitative estimate of drug-likeness (QED) is 0.723. The minimum absolute atomic E-state index is 0.0846. The number of ketones is 1. The first-order chi connectivity index (χ1) is 9.33. The molecule has 0 saturated heterocycles. The van der Waals surface area contributed by atoms with E-state index in [1.165, 1.54) is 0 Å². The fraction of sp³-hybridized carbons (Fsp3) is 0.188. The van der Waals surface area contributed by atoms with Gasteiger partial charge in [-0.05, 0) is 36.1 Å². The summed E-state index contributed by atoms with van der Waals surface area (Å²) < 4.78 is 10.8. The van der Waals surface area contributed by atoms with Crippen molar-refractivity contribution in [2.45, 2.75) is 12.8 Å². The predicted molar refractivity (Wildman–Crippen MR) is 69.8 cm³/mol. The first-order valence-corrected chi connectivity index (χ1v) is 6.38. The SMILES string of the molecule is O=C1c2ccccc2CCc2cc3c(cc21)OCO3. The number of aryl methyl sites for hydroxylation is 2. The van der Waals surface area contributed by atoms with Crippen LogP contribution in [-0.4, -0.2) is 12.6 Å². The number of hydrogen-bond acceptors (Lipinski definition) is 3. The number of fused-ring (bicyclic) bond motifs is 3. The lowest BCUT2D eigenvalue weighted by atomic mass is 9.98. The lowest BCUT2D eigenvalue weighted by molar-refractivity contribution is 0.103. The summed E-state index contributed by atoms with van der Waals surface area (Å²) in [6, 6.07) is 11.6. The Hall–Kier alpha value is -2.29. The van der Waals surface area contributed by atoms with Crippen molar-refractivity contribution in [3.8, 4) is 11.5 Å². The average molecular weight is 252 g/mol. The maximum absolute atomic E-state index is 12.6. The van der Waals surface area contributed by atoms with Gasteiger partial charge in [0.1, 0.15) is 0 Å². The Morgan fingerprint density at radius 3 is 2.47 bits per heavy atom. The van der Waals surface area contributed by atoms with Crippen LogP contribution in [0, 0.1) is 0 Å². The fourth-order valence-electron chi connectivity index (χ4n) is 2.78. The summed E-state index contributed by atoms with van der Waals surface area (Å²) in [5, 5.41) is 0. The normalized spacial score (nSPS) is 15.7. The van der Waals surface area contributed by atoms with Crippen LogP contribution in [-0.2, 0) is 12.8 Å². The Morgan fingerprint density at radius 2 is 1.58 bits per heavy atom. The van der Waals surface area contributed by atoms with Crippen molar-refractivity contribution >= 4 is 5.78 Å². The molecular weight excluding hydrogens is 240 g/mol. The highest BCUT2D eigenvalue weighted by molar-refractivity contribution is 6.11. The number of carbonyl (C=O) groups is 1. The van der Waals surface area contributed by atoms with E-state index >= 15 is 0 Å². The molecule has 0 unspecified atom stereocenters. The van der Waals surface area contributed by atoms with Crippen molar-refractivity contribution in [1.82, 2.24) is 0 Å². The fourth-order valence-corrected chi connectivity index (χ4v) is 2.78. The van der Waals surface area contributed by atoms with Gasteiger partial charge in [0.25, 0.3) is 0 Å². The molecule has 3 heteroatoms. The number of ether oxygens (including phenoxy) is 2. The molecule has 1 heterocycles. The van der Waals surface area contributed by atoms with E-state index in [4.69, 9.17) is 9.47 Å². The predicted octanol–water partition coefficient (Wildman–Crippen LogP) is 2.74. The zero-order chi connectivity index (χ0) is 12.8. The molecule has 0 N–H and O–H groups in total. The van der Waals surface area contributed by atoms with Gasteiger partial charge < -0.3 is 9.47 Å². The van der Waals surface area contributed by atoms with Crippen LogP contribution in [0.4, 0.5) is 0 Å². The van der Waals surface area contributed by atoms with E-state index in [9.17, 15) is 4.79 Å². The van der Waals surface area contributed by atoms with E-state index in [0.717, 1.165) is 40.8 Å². The van der Waals surface area contributed by atoms with Gasteiger partial charge in [-0.15, -0.1) is 0 Å². The molecule has 2 aliphatic rings. The van der Waals surface area contributed by atoms with E-state index in [-0.39, 0.29) is 12.6 Å². The van der Waals surface area contributed by atoms with Crippen LogP contribution in [0.2, 0.25) is 0 Å². The van der Waals surface area contributed by atoms with E-state index in [2.05, 4.69) is 0 Å². The van der Waals surface area contributed by atoms with Crippen LogP contribution in [0.15, 0.2) is 36.4 Å². The molecule has 0 atom stereocenters. The summed E-state index contributed by atoms with van der Waals surface area (Å²) >= 11 is 0. The minimum atomic E-state index is 0.0846. The van der Waals surface area contributed by atoms with Crippen LogP contribution >= 0.6 is 0 Å². The van der Waals surface area contributed by atoms with Crippen LogP contribution in [0.3, 0.4) is 0 Å². The van der Waals surface area contributed by atoms with E-state index in [1.807, 2.05) is 36.4 Å². The second kappa shape index (κ2) is 3.85.